The summed E-state index contributed by atoms with van der Waals surface area (Å²) in [5.41, 5.74) is 6.04. The maximum absolute atomic E-state index is 14.0. The highest BCUT2D eigenvalue weighted by atomic mass is 32.2. The summed E-state index contributed by atoms with van der Waals surface area (Å²) in [4.78, 5) is 0.408. The number of para-hydroxylation sites is 1. The molecule has 2 fully saturated rings. The molecule has 2 heterocycles. The lowest BCUT2D eigenvalue weighted by Crippen LogP contribution is -2.49. The van der Waals surface area contributed by atoms with Crippen LogP contribution in [0, 0.1) is 12.3 Å². The summed E-state index contributed by atoms with van der Waals surface area (Å²) < 4.78 is 32.1. The van der Waals surface area contributed by atoms with Gasteiger partial charge in [0.25, 0.3) is 0 Å². The fraction of sp³-hybridized carbons (Fsp3) is 0.385. The maximum atomic E-state index is 14.0. The molecular weight excluding hydrogens is 404 g/mol. The van der Waals surface area contributed by atoms with E-state index in [0.29, 0.717) is 11.4 Å². The summed E-state index contributed by atoms with van der Waals surface area (Å²) in [5.74, 6) is 0. The van der Waals surface area contributed by atoms with Crippen molar-refractivity contribution in [1.82, 2.24) is 8.87 Å². The first-order valence-electron chi connectivity index (χ1n) is 11.3. The molecule has 0 unspecified atom stereocenters. The summed E-state index contributed by atoms with van der Waals surface area (Å²) in [6.07, 6.45) is 7.68. The molecule has 0 radical (unpaired) electrons. The second-order valence-corrected chi connectivity index (χ2v) is 11.4. The van der Waals surface area contributed by atoms with Gasteiger partial charge in [0, 0.05) is 41.2 Å². The average Bonchev–Trinajstić information content (AvgIpc) is 3.30. The molecule has 1 aliphatic heterocycles. The Morgan fingerprint density at radius 3 is 2.55 bits per heavy atom. The average molecular weight is 433 g/mol. The predicted octanol–water partition coefficient (Wildman–Crippen LogP) is 5.58. The van der Waals surface area contributed by atoms with Gasteiger partial charge in [-0.1, -0.05) is 41.5 Å². The monoisotopic (exact) mass is 432 g/mol. The quantitative estimate of drug-likeness (QED) is 0.530. The molecule has 1 saturated heterocycles. The van der Waals surface area contributed by atoms with Crippen molar-refractivity contribution in [3.05, 3.63) is 70.9 Å². The number of aromatic nitrogens is 1. The van der Waals surface area contributed by atoms with Gasteiger partial charge >= 0.3 is 0 Å². The number of fused-ring (bicyclic) bond motifs is 4. The molecular formula is C26H28N2O2S. The number of rotatable bonds is 2. The number of sulfonamides is 1. The van der Waals surface area contributed by atoms with E-state index < -0.39 is 10.0 Å². The number of nitrogens with zero attached hydrogens (tertiary/aromatic N) is 2. The normalized spacial score (nSPS) is 25.7. The Labute approximate surface area is 184 Å². The molecule has 1 spiro atoms. The zero-order valence-corrected chi connectivity index (χ0v) is 19.0. The van der Waals surface area contributed by atoms with E-state index in [2.05, 4.69) is 42.0 Å². The zero-order chi connectivity index (χ0) is 21.4. The molecule has 5 heteroatoms. The Balaban J connectivity index is 1.62. The second-order valence-electron chi connectivity index (χ2n) is 9.49. The van der Waals surface area contributed by atoms with Gasteiger partial charge in [-0.2, -0.15) is 4.31 Å². The van der Waals surface area contributed by atoms with Crippen molar-refractivity contribution >= 4 is 27.0 Å². The van der Waals surface area contributed by atoms with Gasteiger partial charge in [-0.25, -0.2) is 8.42 Å². The first-order chi connectivity index (χ1) is 14.9. The Morgan fingerprint density at radius 1 is 1.00 bits per heavy atom. The van der Waals surface area contributed by atoms with E-state index in [0.717, 1.165) is 37.7 Å². The van der Waals surface area contributed by atoms with Crippen molar-refractivity contribution < 1.29 is 8.42 Å². The molecule has 2 atom stereocenters. The highest BCUT2D eigenvalue weighted by molar-refractivity contribution is 7.89. The standard InChI is InChI=1S/C26H28N2O2S/c1-18-10-12-20(13-11-18)31(29,30)28-16-6-15-26-14-5-7-19(26)17-23-24(25(26)28)21-8-3-4-9-22(21)27(23)2/h3-4,8-13,17,25H,5-7,14-16H2,1-2H3/t25-,26+/m0/s1. The van der Waals surface area contributed by atoms with Gasteiger partial charge < -0.3 is 4.57 Å². The highest BCUT2D eigenvalue weighted by Crippen LogP contribution is 2.63. The van der Waals surface area contributed by atoms with E-state index in [9.17, 15) is 8.42 Å². The van der Waals surface area contributed by atoms with E-state index in [1.165, 1.54) is 27.7 Å². The van der Waals surface area contributed by atoms with Crippen molar-refractivity contribution in [2.45, 2.75) is 50.0 Å². The molecule has 6 rings (SSSR count). The molecule has 31 heavy (non-hydrogen) atoms. The van der Waals surface area contributed by atoms with Crippen LogP contribution >= 0.6 is 0 Å². The Hall–Kier alpha value is -2.37. The molecule has 3 aliphatic rings. The topological polar surface area (TPSA) is 42.3 Å². The van der Waals surface area contributed by atoms with Gasteiger partial charge in [-0.15, -0.1) is 0 Å². The molecule has 3 aromatic rings. The van der Waals surface area contributed by atoms with Crippen LogP contribution in [0.5, 0.6) is 0 Å². The van der Waals surface area contributed by atoms with Gasteiger partial charge in [-0.05, 0) is 63.3 Å². The predicted molar refractivity (Wildman–Crippen MR) is 124 cm³/mol. The smallest absolute Gasteiger partial charge is 0.243 e. The zero-order valence-electron chi connectivity index (χ0n) is 18.1. The molecule has 2 aliphatic carbocycles. The minimum absolute atomic E-state index is 0.0624. The first-order valence-corrected chi connectivity index (χ1v) is 12.7. The third kappa shape index (κ3) is 2.53. The van der Waals surface area contributed by atoms with Gasteiger partial charge in [0.1, 0.15) is 0 Å². The Kier molecular flexibility index (Phi) is 4.09. The van der Waals surface area contributed by atoms with Crippen LogP contribution in [0.2, 0.25) is 0 Å². The minimum atomic E-state index is -3.60. The lowest BCUT2D eigenvalue weighted by atomic mass is 9.65. The molecule has 2 aromatic carbocycles. The molecule has 1 saturated carbocycles. The summed E-state index contributed by atoms with van der Waals surface area (Å²) in [5, 5.41) is 1.19. The maximum Gasteiger partial charge on any atom is 0.243 e. The van der Waals surface area contributed by atoms with E-state index in [1.807, 2.05) is 23.4 Å². The van der Waals surface area contributed by atoms with Gasteiger partial charge in [0.2, 0.25) is 10.0 Å². The van der Waals surface area contributed by atoms with Crippen molar-refractivity contribution in [3.8, 4) is 0 Å². The van der Waals surface area contributed by atoms with Crippen LogP contribution in [0.15, 0.2) is 59.0 Å². The minimum Gasteiger partial charge on any atom is -0.344 e. The lowest BCUT2D eigenvalue weighted by molar-refractivity contribution is 0.104. The van der Waals surface area contributed by atoms with Crippen LogP contribution in [0.4, 0.5) is 0 Å². The third-order valence-corrected chi connectivity index (χ3v) is 9.80. The second kappa shape index (κ2) is 6.57. The van der Waals surface area contributed by atoms with Gasteiger partial charge in [0.05, 0.1) is 10.9 Å². The highest BCUT2D eigenvalue weighted by Gasteiger charge is 2.55. The van der Waals surface area contributed by atoms with E-state index in [-0.39, 0.29) is 11.5 Å². The summed E-state index contributed by atoms with van der Waals surface area (Å²) in [6, 6.07) is 15.7. The van der Waals surface area contributed by atoms with Crippen LogP contribution in [-0.2, 0) is 17.1 Å². The summed E-state index contributed by atoms with van der Waals surface area (Å²) in [6.45, 7) is 2.57. The molecule has 160 valence electrons. The van der Waals surface area contributed by atoms with Crippen molar-refractivity contribution in [1.29, 1.82) is 0 Å². The lowest BCUT2D eigenvalue weighted by Gasteiger charge is -2.50. The number of hydrogen-bond donors (Lipinski definition) is 0. The van der Waals surface area contributed by atoms with Gasteiger partial charge in [0.15, 0.2) is 0 Å². The molecule has 0 bridgehead atoms. The molecule has 4 nitrogen and oxygen atoms in total. The van der Waals surface area contributed by atoms with E-state index in [1.54, 1.807) is 12.1 Å². The number of hydrogen-bond acceptors (Lipinski definition) is 2. The van der Waals surface area contributed by atoms with Crippen molar-refractivity contribution in [2.24, 2.45) is 12.5 Å². The number of aryl methyl sites for hydroxylation is 2. The van der Waals surface area contributed by atoms with Gasteiger partial charge in [-0.3, -0.25) is 0 Å². The number of piperidine rings is 1. The molecule has 1 aromatic heterocycles. The molecule has 0 amide bonds. The summed E-state index contributed by atoms with van der Waals surface area (Å²) >= 11 is 0. The molecule has 0 N–H and O–H groups in total. The van der Waals surface area contributed by atoms with E-state index in [4.69, 9.17) is 0 Å². The fourth-order valence-corrected chi connectivity index (χ4v) is 8.21. The summed E-state index contributed by atoms with van der Waals surface area (Å²) in [7, 11) is -1.49. The van der Waals surface area contributed by atoms with Crippen molar-refractivity contribution in [2.75, 3.05) is 6.54 Å². The Bertz CT molecular complexity index is 1330. The van der Waals surface area contributed by atoms with Crippen LogP contribution in [0.3, 0.4) is 0 Å². The van der Waals surface area contributed by atoms with Crippen molar-refractivity contribution in [3.63, 3.8) is 0 Å². The SMILES string of the molecule is Cc1ccc(S(=O)(=O)N2CCC[C@]34CCCC3=Cc3c(c5ccccc5n3C)[C@H]24)cc1. The third-order valence-electron chi connectivity index (χ3n) is 7.93. The van der Waals surface area contributed by atoms with Crippen LogP contribution in [0.25, 0.3) is 17.0 Å². The van der Waals surface area contributed by atoms with Crippen LogP contribution in [0.1, 0.15) is 55.0 Å². The first kappa shape index (κ1) is 19.3. The Morgan fingerprint density at radius 2 is 1.74 bits per heavy atom. The number of benzene rings is 2. The van der Waals surface area contributed by atoms with E-state index >= 15 is 0 Å². The van der Waals surface area contributed by atoms with Crippen LogP contribution < -0.4 is 0 Å². The van der Waals surface area contributed by atoms with Crippen LogP contribution in [-0.4, -0.2) is 23.8 Å². The largest absolute Gasteiger partial charge is 0.344 e. The fourth-order valence-electron chi connectivity index (χ4n) is 6.50.